The van der Waals surface area contributed by atoms with E-state index < -0.39 is 0 Å². The molecule has 2 aromatic carbocycles. The number of amides is 1. The van der Waals surface area contributed by atoms with Crippen LogP contribution in [0.4, 0.5) is 0 Å². The molecule has 0 unspecified atom stereocenters. The van der Waals surface area contributed by atoms with E-state index in [1.165, 1.54) is 0 Å². The van der Waals surface area contributed by atoms with E-state index in [0.29, 0.717) is 12.1 Å². The van der Waals surface area contributed by atoms with Crippen molar-refractivity contribution in [3.8, 4) is 5.75 Å². The number of morpholine rings is 1. The highest BCUT2D eigenvalue weighted by Crippen LogP contribution is 2.15. The van der Waals surface area contributed by atoms with Gasteiger partial charge in [0.2, 0.25) is 0 Å². The van der Waals surface area contributed by atoms with E-state index in [1.807, 2.05) is 56.3 Å². The van der Waals surface area contributed by atoms with Crippen LogP contribution in [-0.4, -0.2) is 43.2 Å². The number of rotatable bonds is 7. The third kappa shape index (κ3) is 6.08. The molecule has 0 aromatic heterocycles. The quantitative estimate of drug-likeness (QED) is 0.815. The second kappa shape index (κ2) is 9.53. The summed E-state index contributed by atoms with van der Waals surface area (Å²) >= 11 is 0. The standard InChI is InChI=1S/C22H28N2O3/c1-17(2)27-21-8-4-5-18(14-21)15-23-22(25)20-7-3-6-19(13-20)16-24-9-11-26-12-10-24/h3-8,13-14,17H,9-12,15-16H2,1-2H3,(H,23,25). The fourth-order valence-electron chi connectivity index (χ4n) is 3.11. The number of ether oxygens (including phenoxy) is 2. The molecule has 5 nitrogen and oxygen atoms in total. The summed E-state index contributed by atoms with van der Waals surface area (Å²) in [7, 11) is 0. The van der Waals surface area contributed by atoms with Crippen LogP contribution in [0.3, 0.4) is 0 Å². The van der Waals surface area contributed by atoms with Crippen molar-refractivity contribution < 1.29 is 14.3 Å². The predicted molar refractivity (Wildman–Crippen MR) is 106 cm³/mol. The van der Waals surface area contributed by atoms with Gasteiger partial charge in [-0.05, 0) is 49.2 Å². The fraction of sp³-hybridized carbons (Fsp3) is 0.409. The molecule has 0 aliphatic carbocycles. The predicted octanol–water partition coefficient (Wildman–Crippen LogP) is 3.24. The smallest absolute Gasteiger partial charge is 0.251 e. The van der Waals surface area contributed by atoms with Gasteiger partial charge in [0, 0.05) is 31.7 Å². The average Bonchev–Trinajstić information content (AvgIpc) is 2.67. The van der Waals surface area contributed by atoms with Crippen molar-refractivity contribution in [2.75, 3.05) is 26.3 Å². The van der Waals surface area contributed by atoms with Crippen LogP contribution in [0, 0.1) is 0 Å². The summed E-state index contributed by atoms with van der Waals surface area (Å²) in [5.74, 6) is 0.762. The molecule has 2 aromatic rings. The summed E-state index contributed by atoms with van der Waals surface area (Å²) < 4.78 is 11.1. The maximum absolute atomic E-state index is 12.5. The Hall–Kier alpha value is -2.37. The second-order valence-corrected chi connectivity index (χ2v) is 7.09. The van der Waals surface area contributed by atoms with Crippen molar-refractivity contribution in [1.29, 1.82) is 0 Å². The summed E-state index contributed by atoms with van der Waals surface area (Å²) in [6, 6.07) is 15.7. The first-order valence-corrected chi connectivity index (χ1v) is 9.53. The van der Waals surface area contributed by atoms with Crippen LogP contribution < -0.4 is 10.1 Å². The Morgan fingerprint density at radius 1 is 1.11 bits per heavy atom. The van der Waals surface area contributed by atoms with Crippen LogP contribution in [0.25, 0.3) is 0 Å². The number of nitrogens with one attached hydrogen (secondary N) is 1. The zero-order chi connectivity index (χ0) is 19.1. The Morgan fingerprint density at radius 2 is 1.85 bits per heavy atom. The van der Waals surface area contributed by atoms with Gasteiger partial charge in [-0.25, -0.2) is 0 Å². The fourth-order valence-corrected chi connectivity index (χ4v) is 3.11. The maximum atomic E-state index is 12.5. The van der Waals surface area contributed by atoms with Crippen LogP contribution in [0.2, 0.25) is 0 Å². The molecule has 0 spiro atoms. The molecule has 1 heterocycles. The first kappa shape index (κ1) is 19.4. The molecule has 0 radical (unpaired) electrons. The third-order valence-electron chi connectivity index (χ3n) is 4.42. The van der Waals surface area contributed by atoms with E-state index in [1.54, 1.807) is 0 Å². The van der Waals surface area contributed by atoms with Gasteiger partial charge in [-0.1, -0.05) is 24.3 Å². The molecular weight excluding hydrogens is 340 g/mol. The van der Waals surface area contributed by atoms with E-state index >= 15 is 0 Å². The normalized spacial score (nSPS) is 14.9. The number of carbonyl (C=O) groups is 1. The van der Waals surface area contributed by atoms with E-state index in [9.17, 15) is 4.79 Å². The highest BCUT2D eigenvalue weighted by molar-refractivity contribution is 5.94. The van der Waals surface area contributed by atoms with E-state index in [-0.39, 0.29) is 12.0 Å². The third-order valence-corrected chi connectivity index (χ3v) is 4.42. The topological polar surface area (TPSA) is 50.8 Å². The molecule has 5 heteroatoms. The van der Waals surface area contributed by atoms with E-state index in [0.717, 1.165) is 49.7 Å². The SMILES string of the molecule is CC(C)Oc1cccc(CNC(=O)c2cccc(CN3CCOCC3)c2)c1. The Morgan fingerprint density at radius 3 is 2.63 bits per heavy atom. The lowest BCUT2D eigenvalue weighted by molar-refractivity contribution is 0.0342. The van der Waals surface area contributed by atoms with Gasteiger partial charge in [0.15, 0.2) is 0 Å². The highest BCUT2D eigenvalue weighted by atomic mass is 16.5. The zero-order valence-corrected chi connectivity index (χ0v) is 16.1. The minimum absolute atomic E-state index is 0.0611. The first-order chi connectivity index (χ1) is 13.1. The lowest BCUT2D eigenvalue weighted by Gasteiger charge is -2.26. The molecule has 3 rings (SSSR count). The monoisotopic (exact) mass is 368 g/mol. The van der Waals surface area contributed by atoms with Crippen LogP contribution in [0.5, 0.6) is 5.75 Å². The molecule has 0 atom stereocenters. The largest absolute Gasteiger partial charge is 0.491 e. The summed E-state index contributed by atoms with van der Waals surface area (Å²) in [6.07, 6.45) is 0.129. The average molecular weight is 368 g/mol. The Bertz CT molecular complexity index is 755. The summed E-state index contributed by atoms with van der Waals surface area (Å²) in [4.78, 5) is 14.9. The number of hydrogen-bond acceptors (Lipinski definition) is 4. The lowest BCUT2D eigenvalue weighted by atomic mass is 10.1. The summed E-state index contributed by atoms with van der Waals surface area (Å²) in [5.41, 5.74) is 2.86. The van der Waals surface area contributed by atoms with Gasteiger partial charge in [-0.2, -0.15) is 0 Å². The van der Waals surface area contributed by atoms with Crippen molar-refractivity contribution in [1.82, 2.24) is 10.2 Å². The van der Waals surface area contributed by atoms with Crippen molar-refractivity contribution in [2.45, 2.75) is 33.0 Å². The molecular formula is C22H28N2O3. The number of hydrogen-bond donors (Lipinski definition) is 1. The molecule has 27 heavy (non-hydrogen) atoms. The van der Waals surface area contributed by atoms with Gasteiger partial charge in [-0.15, -0.1) is 0 Å². The molecule has 1 aliphatic rings. The number of nitrogens with zero attached hydrogens (tertiary/aromatic N) is 1. The molecule has 1 amide bonds. The summed E-state index contributed by atoms with van der Waals surface area (Å²) in [5, 5.41) is 3.00. The Labute approximate surface area is 161 Å². The van der Waals surface area contributed by atoms with Gasteiger partial charge in [0.25, 0.3) is 5.91 Å². The van der Waals surface area contributed by atoms with Gasteiger partial charge < -0.3 is 14.8 Å². The lowest BCUT2D eigenvalue weighted by Crippen LogP contribution is -2.35. The van der Waals surface area contributed by atoms with Crippen molar-refractivity contribution in [3.05, 3.63) is 65.2 Å². The second-order valence-electron chi connectivity index (χ2n) is 7.09. The zero-order valence-electron chi connectivity index (χ0n) is 16.1. The first-order valence-electron chi connectivity index (χ1n) is 9.53. The van der Waals surface area contributed by atoms with Crippen molar-refractivity contribution in [2.24, 2.45) is 0 Å². The Kier molecular flexibility index (Phi) is 6.85. The maximum Gasteiger partial charge on any atom is 0.251 e. The van der Waals surface area contributed by atoms with Gasteiger partial charge >= 0.3 is 0 Å². The van der Waals surface area contributed by atoms with Crippen LogP contribution >= 0.6 is 0 Å². The Balaban J connectivity index is 1.57. The van der Waals surface area contributed by atoms with Crippen LogP contribution in [-0.2, 0) is 17.8 Å². The van der Waals surface area contributed by atoms with Crippen LogP contribution in [0.15, 0.2) is 48.5 Å². The molecule has 0 bridgehead atoms. The van der Waals surface area contributed by atoms with Gasteiger partial charge in [-0.3, -0.25) is 9.69 Å². The number of carbonyl (C=O) groups excluding carboxylic acids is 1. The molecule has 0 saturated carbocycles. The molecule has 1 fully saturated rings. The summed E-state index contributed by atoms with van der Waals surface area (Å²) in [6.45, 7) is 8.74. The number of benzene rings is 2. The molecule has 144 valence electrons. The van der Waals surface area contributed by atoms with Crippen molar-refractivity contribution in [3.63, 3.8) is 0 Å². The minimum Gasteiger partial charge on any atom is -0.491 e. The van der Waals surface area contributed by atoms with E-state index in [2.05, 4.69) is 16.3 Å². The van der Waals surface area contributed by atoms with Crippen molar-refractivity contribution >= 4 is 5.91 Å². The molecule has 1 N–H and O–H groups in total. The molecule has 1 saturated heterocycles. The van der Waals surface area contributed by atoms with Gasteiger partial charge in [0.05, 0.1) is 19.3 Å². The van der Waals surface area contributed by atoms with E-state index in [4.69, 9.17) is 9.47 Å². The highest BCUT2D eigenvalue weighted by Gasteiger charge is 2.12. The minimum atomic E-state index is -0.0611. The van der Waals surface area contributed by atoms with Crippen LogP contribution in [0.1, 0.15) is 35.3 Å². The van der Waals surface area contributed by atoms with Gasteiger partial charge in [0.1, 0.15) is 5.75 Å². The molecule has 1 aliphatic heterocycles.